The van der Waals surface area contributed by atoms with Gasteiger partial charge in [0.1, 0.15) is 11.3 Å². The molecule has 0 fully saturated rings. The van der Waals surface area contributed by atoms with E-state index in [1.807, 2.05) is 36.4 Å². The van der Waals surface area contributed by atoms with E-state index in [0.717, 1.165) is 11.3 Å². The number of carboxylic acids is 1. The van der Waals surface area contributed by atoms with Crippen LogP contribution in [0.4, 0.5) is 17.4 Å². The fourth-order valence-electron chi connectivity index (χ4n) is 4.10. The van der Waals surface area contributed by atoms with Crippen LogP contribution in [-0.2, 0) is 16.0 Å². The number of carbonyl (C=O) groups excluding carboxylic acids is 2. The first-order valence-electron chi connectivity index (χ1n) is 12.4. The van der Waals surface area contributed by atoms with Crippen LogP contribution in [0, 0.1) is 6.92 Å². The van der Waals surface area contributed by atoms with Crippen LogP contribution < -0.4 is 16.0 Å². The largest absolute Gasteiger partial charge is 0.481 e. The highest BCUT2D eigenvalue weighted by Gasteiger charge is 2.21. The van der Waals surface area contributed by atoms with Crippen LogP contribution >= 0.6 is 0 Å². The lowest BCUT2D eigenvalue weighted by Gasteiger charge is -2.17. The first kappa shape index (κ1) is 26.2. The molecule has 0 aliphatic rings. The number of fused-ring (bicyclic) bond motifs is 1. The maximum absolute atomic E-state index is 12.7. The fraction of sp³-hybridized carbons (Fsp3) is 0.138. The van der Waals surface area contributed by atoms with E-state index in [0.29, 0.717) is 34.1 Å². The molecule has 2 aromatic heterocycles. The van der Waals surface area contributed by atoms with Crippen LogP contribution in [-0.4, -0.2) is 33.0 Å². The van der Waals surface area contributed by atoms with E-state index < -0.39 is 17.9 Å². The van der Waals surface area contributed by atoms with E-state index in [2.05, 4.69) is 26.1 Å². The highest BCUT2D eigenvalue weighted by molar-refractivity contribution is 5.93. The zero-order chi connectivity index (χ0) is 28.1. The Morgan fingerprint density at radius 3 is 2.42 bits per heavy atom. The monoisotopic (exact) mass is 539 g/mol. The summed E-state index contributed by atoms with van der Waals surface area (Å²) in [6.07, 6.45) is -0.227. The van der Waals surface area contributed by atoms with Gasteiger partial charge in [0.05, 0.1) is 18.9 Å². The van der Waals surface area contributed by atoms with Crippen molar-refractivity contribution in [3.8, 4) is 0 Å². The molecule has 0 radical (unpaired) electrons. The SMILES string of the molecule is Cc1cc(C(=O)NC(CC(=O)O)c2ccc(NC(=O)Cc3ccc4nc(Nc5ccccc5)oc4c3)cc2)no1. The Bertz CT molecular complexity index is 1660. The van der Waals surface area contributed by atoms with Crippen molar-refractivity contribution in [2.45, 2.75) is 25.8 Å². The number of hydrogen-bond acceptors (Lipinski definition) is 8. The highest BCUT2D eigenvalue weighted by atomic mass is 16.5. The maximum atomic E-state index is 12.7. The number of carbonyl (C=O) groups is 3. The highest BCUT2D eigenvalue weighted by Crippen LogP contribution is 2.24. The van der Waals surface area contributed by atoms with Gasteiger partial charge in [-0.1, -0.05) is 41.6 Å². The summed E-state index contributed by atoms with van der Waals surface area (Å²) in [6, 6.07) is 22.5. The molecule has 0 bridgehead atoms. The lowest BCUT2D eigenvalue weighted by molar-refractivity contribution is -0.137. The Labute approximate surface area is 228 Å². The Morgan fingerprint density at radius 2 is 1.73 bits per heavy atom. The van der Waals surface area contributed by atoms with Crippen LogP contribution in [0.2, 0.25) is 0 Å². The smallest absolute Gasteiger partial charge is 0.305 e. The zero-order valence-electron chi connectivity index (χ0n) is 21.4. The van der Waals surface area contributed by atoms with Gasteiger partial charge in [0.2, 0.25) is 5.91 Å². The molecule has 0 spiro atoms. The Kier molecular flexibility index (Phi) is 7.54. The molecule has 0 saturated heterocycles. The molecule has 11 heteroatoms. The van der Waals surface area contributed by atoms with E-state index in [1.165, 1.54) is 6.07 Å². The van der Waals surface area contributed by atoms with Gasteiger partial charge in [0.15, 0.2) is 11.3 Å². The Balaban J connectivity index is 1.21. The predicted molar refractivity (Wildman–Crippen MR) is 146 cm³/mol. The molecule has 3 aromatic carbocycles. The third-order valence-electron chi connectivity index (χ3n) is 5.98. The minimum atomic E-state index is -1.08. The first-order chi connectivity index (χ1) is 19.3. The van der Waals surface area contributed by atoms with Gasteiger partial charge in [0, 0.05) is 17.4 Å². The molecule has 202 valence electrons. The van der Waals surface area contributed by atoms with Gasteiger partial charge in [0.25, 0.3) is 11.9 Å². The molecule has 1 unspecified atom stereocenters. The number of aryl methyl sites for hydroxylation is 1. The number of hydrogen-bond donors (Lipinski definition) is 4. The maximum Gasteiger partial charge on any atom is 0.305 e. The molecule has 0 aliphatic carbocycles. The quantitative estimate of drug-likeness (QED) is 0.192. The minimum absolute atomic E-state index is 0.0592. The second-order valence-electron chi connectivity index (χ2n) is 9.11. The van der Waals surface area contributed by atoms with Crippen molar-refractivity contribution >= 4 is 46.3 Å². The number of nitrogens with one attached hydrogen (secondary N) is 3. The molecule has 11 nitrogen and oxygen atoms in total. The molecule has 4 N–H and O–H groups in total. The van der Waals surface area contributed by atoms with Crippen molar-refractivity contribution < 1.29 is 28.4 Å². The van der Waals surface area contributed by atoms with Crippen molar-refractivity contribution in [2.24, 2.45) is 0 Å². The number of para-hydroxylation sites is 1. The number of aromatic nitrogens is 2. The number of nitrogens with zero attached hydrogens (tertiary/aromatic N) is 2. The summed E-state index contributed by atoms with van der Waals surface area (Å²) >= 11 is 0. The van der Waals surface area contributed by atoms with E-state index in [1.54, 1.807) is 43.3 Å². The molecule has 2 heterocycles. The van der Waals surface area contributed by atoms with Gasteiger partial charge >= 0.3 is 5.97 Å². The van der Waals surface area contributed by atoms with Crippen molar-refractivity contribution in [1.29, 1.82) is 0 Å². The number of oxazole rings is 1. The summed E-state index contributed by atoms with van der Waals surface area (Å²) in [5, 5.41) is 21.6. The summed E-state index contributed by atoms with van der Waals surface area (Å²) < 4.78 is 10.7. The number of amides is 2. The summed E-state index contributed by atoms with van der Waals surface area (Å²) in [5.41, 5.74) is 3.96. The minimum Gasteiger partial charge on any atom is -0.481 e. The van der Waals surface area contributed by atoms with Gasteiger partial charge in [-0.3, -0.25) is 14.4 Å². The summed E-state index contributed by atoms with van der Waals surface area (Å²) in [5.74, 6) is -1.41. The van der Waals surface area contributed by atoms with E-state index in [9.17, 15) is 19.5 Å². The number of carboxylic acid groups (broad SMARTS) is 1. The second-order valence-corrected chi connectivity index (χ2v) is 9.11. The third-order valence-corrected chi connectivity index (χ3v) is 5.98. The number of aliphatic carboxylic acids is 1. The number of rotatable bonds is 10. The van der Waals surface area contributed by atoms with Crippen molar-refractivity contribution in [3.63, 3.8) is 0 Å². The summed E-state index contributed by atoms with van der Waals surface area (Å²) in [6.45, 7) is 1.65. The van der Waals surface area contributed by atoms with Gasteiger partial charge in [-0.15, -0.1) is 0 Å². The standard InChI is InChI=1S/C29H25N5O6/c1-17-13-24(34-40-17)28(38)32-23(16-27(36)37)19-8-10-21(11-9-19)30-26(35)15-18-7-12-22-25(14-18)39-29(33-22)31-20-5-3-2-4-6-20/h2-14,23H,15-16H2,1H3,(H,30,35)(H,31,33)(H,32,38)(H,36,37). The normalized spacial score (nSPS) is 11.6. The average Bonchev–Trinajstić information content (AvgIpc) is 3.54. The van der Waals surface area contributed by atoms with Crippen LogP contribution in [0.15, 0.2) is 87.8 Å². The van der Waals surface area contributed by atoms with Crippen LogP contribution in [0.25, 0.3) is 11.1 Å². The first-order valence-corrected chi connectivity index (χ1v) is 12.4. The fourth-order valence-corrected chi connectivity index (χ4v) is 4.10. The zero-order valence-corrected chi connectivity index (χ0v) is 21.4. The molecular weight excluding hydrogens is 514 g/mol. The Hall–Kier alpha value is -5.45. The van der Waals surface area contributed by atoms with Gasteiger partial charge in [-0.2, -0.15) is 4.98 Å². The van der Waals surface area contributed by atoms with Crippen LogP contribution in [0.1, 0.15) is 39.8 Å². The van der Waals surface area contributed by atoms with E-state index in [-0.39, 0.29) is 24.4 Å². The average molecular weight is 540 g/mol. The summed E-state index contributed by atoms with van der Waals surface area (Å²) in [4.78, 5) is 41.0. The lowest BCUT2D eigenvalue weighted by atomic mass is 10.0. The molecule has 1 atom stereocenters. The predicted octanol–water partition coefficient (Wildman–Crippen LogP) is 4.99. The summed E-state index contributed by atoms with van der Waals surface area (Å²) in [7, 11) is 0. The second kappa shape index (κ2) is 11.5. The van der Waals surface area contributed by atoms with E-state index >= 15 is 0 Å². The lowest BCUT2D eigenvalue weighted by Crippen LogP contribution is -2.30. The van der Waals surface area contributed by atoms with Crippen molar-refractivity contribution in [1.82, 2.24) is 15.5 Å². The molecule has 5 rings (SSSR count). The topological polar surface area (TPSA) is 160 Å². The Morgan fingerprint density at radius 1 is 0.950 bits per heavy atom. The van der Waals surface area contributed by atoms with Crippen molar-refractivity contribution in [3.05, 3.63) is 101 Å². The van der Waals surface area contributed by atoms with E-state index in [4.69, 9.17) is 8.94 Å². The number of anilines is 3. The molecule has 0 saturated carbocycles. The molecule has 0 aliphatic heterocycles. The van der Waals surface area contributed by atoms with Gasteiger partial charge in [-0.25, -0.2) is 0 Å². The molecule has 2 amide bonds. The van der Waals surface area contributed by atoms with Gasteiger partial charge in [-0.05, 0) is 54.4 Å². The van der Waals surface area contributed by atoms with Gasteiger partial charge < -0.3 is 30.0 Å². The van der Waals surface area contributed by atoms with Crippen LogP contribution in [0.3, 0.4) is 0 Å². The molecular formula is C29H25N5O6. The van der Waals surface area contributed by atoms with Crippen molar-refractivity contribution in [2.75, 3.05) is 10.6 Å². The third kappa shape index (κ3) is 6.51. The number of benzene rings is 3. The molecule has 5 aromatic rings. The molecule has 40 heavy (non-hydrogen) atoms. The van der Waals surface area contributed by atoms with Crippen LogP contribution in [0.5, 0.6) is 0 Å².